The number of benzene rings is 1. The molecule has 1 aromatic carbocycles. The summed E-state index contributed by atoms with van der Waals surface area (Å²) >= 11 is 0. The van der Waals surface area contributed by atoms with Crippen molar-refractivity contribution in [2.75, 3.05) is 0 Å². The van der Waals surface area contributed by atoms with E-state index in [0.717, 1.165) is 32.2 Å². The molecule has 2 aliphatic heterocycles. The van der Waals surface area contributed by atoms with Crippen molar-refractivity contribution in [2.24, 2.45) is 5.73 Å². The van der Waals surface area contributed by atoms with E-state index in [1.54, 1.807) is 0 Å². The van der Waals surface area contributed by atoms with Gasteiger partial charge in [0.25, 0.3) is 0 Å². The second-order valence-corrected chi connectivity index (χ2v) is 5.59. The van der Waals surface area contributed by atoms with Gasteiger partial charge < -0.3 is 5.73 Å². The third kappa shape index (κ3) is 1.74. The van der Waals surface area contributed by atoms with Crippen LogP contribution in [0.3, 0.4) is 0 Å². The van der Waals surface area contributed by atoms with Crippen LogP contribution in [-0.2, 0) is 11.3 Å². The maximum absolute atomic E-state index is 11.9. The van der Waals surface area contributed by atoms with E-state index in [9.17, 15) is 4.79 Å². The zero-order valence-electron chi connectivity index (χ0n) is 10.6. The van der Waals surface area contributed by atoms with Crippen LogP contribution in [0.5, 0.6) is 0 Å². The molecule has 0 aromatic heterocycles. The van der Waals surface area contributed by atoms with E-state index < -0.39 is 0 Å². The van der Waals surface area contributed by atoms with E-state index in [-0.39, 0.29) is 11.4 Å². The van der Waals surface area contributed by atoms with Crippen molar-refractivity contribution >= 4 is 5.91 Å². The zero-order chi connectivity index (χ0) is 12.6. The molecule has 1 amide bonds. The first-order valence-corrected chi connectivity index (χ1v) is 6.83. The lowest BCUT2D eigenvalue weighted by Crippen LogP contribution is -2.57. The van der Waals surface area contributed by atoms with Gasteiger partial charge in [0.05, 0.1) is 0 Å². The molecule has 2 atom stereocenters. The maximum atomic E-state index is 11.9. The summed E-state index contributed by atoms with van der Waals surface area (Å²) in [6.07, 6.45) is 5.35. The number of carbonyl (C=O) groups excluding carboxylic acids is 1. The first-order chi connectivity index (χ1) is 8.72. The Morgan fingerprint density at radius 3 is 2.78 bits per heavy atom. The molecule has 96 valence electrons. The summed E-state index contributed by atoms with van der Waals surface area (Å²) in [4.78, 5) is 14.3. The Morgan fingerprint density at radius 1 is 1.28 bits per heavy atom. The Kier molecular flexibility index (Phi) is 2.86. The summed E-state index contributed by atoms with van der Waals surface area (Å²) in [5.74, 6) is -0.124. The van der Waals surface area contributed by atoms with Crippen LogP contribution in [-0.4, -0.2) is 22.4 Å². The lowest BCUT2D eigenvalue weighted by Gasteiger charge is -2.42. The van der Waals surface area contributed by atoms with Crippen LogP contribution in [0.25, 0.3) is 0 Å². The lowest BCUT2D eigenvalue weighted by molar-refractivity contribution is -0.132. The molecule has 0 aliphatic carbocycles. The molecule has 2 heterocycles. The summed E-state index contributed by atoms with van der Waals surface area (Å²) in [5.41, 5.74) is 6.62. The third-order valence-corrected chi connectivity index (χ3v) is 4.66. The number of nitrogens with zero attached hydrogens (tertiary/aromatic N) is 1. The highest BCUT2D eigenvalue weighted by Gasteiger charge is 2.52. The molecule has 0 saturated carbocycles. The minimum absolute atomic E-state index is 0.124. The molecular formula is C15H20N2O. The molecule has 2 aliphatic rings. The summed E-state index contributed by atoms with van der Waals surface area (Å²) in [7, 11) is 0. The minimum Gasteiger partial charge on any atom is -0.368 e. The SMILES string of the molecule is NC(=O)C12CCCC(CC1)N2Cc1ccccc1. The van der Waals surface area contributed by atoms with Gasteiger partial charge in [0, 0.05) is 12.6 Å². The van der Waals surface area contributed by atoms with Gasteiger partial charge in [-0.2, -0.15) is 0 Å². The summed E-state index contributed by atoms with van der Waals surface area (Å²) in [6, 6.07) is 10.9. The molecule has 3 nitrogen and oxygen atoms in total. The second kappa shape index (κ2) is 4.39. The second-order valence-electron chi connectivity index (χ2n) is 5.59. The number of amides is 1. The quantitative estimate of drug-likeness (QED) is 0.884. The number of rotatable bonds is 3. The van der Waals surface area contributed by atoms with Gasteiger partial charge in [-0.15, -0.1) is 0 Å². The monoisotopic (exact) mass is 244 g/mol. The molecule has 18 heavy (non-hydrogen) atoms. The van der Waals surface area contributed by atoms with Crippen LogP contribution >= 0.6 is 0 Å². The Labute approximate surface area is 108 Å². The van der Waals surface area contributed by atoms with E-state index in [4.69, 9.17) is 5.73 Å². The molecule has 3 heteroatoms. The molecule has 3 rings (SSSR count). The molecule has 0 spiro atoms. The summed E-state index contributed by atoms with van der Waals surface area (Å²) in [5, 5.41) is 0. The van der Waals surface area contributed by atoms with Crippen molar-refractivity contribution in [1.82, 2.24) is 4.90 Å². The van der Waals surface area contributed by atoms with Gasteiger partial charge in [-0.3, -0.25) is 9.69 Å². The van der Waals surface area contributed by atoms with Crippen LogP contribution in [0.2, 0.25) is 0 Å². The van der Waals surface area contributed by atoms with Crippen molar-refractivity contribution in [2.45, 2.75) is 50.2 Å². The van der Waals surface area contributed by atoms with Gasteiger partial charge in [-0.25, -0.2) is 0 Å². The van der Waals surface area contributed by atoms with E-state index in [1.165, 1.54) is 12.0 Å². The molecular weight excluding hydrogens is 224 g/mol. The normalized spacial score (nSPS) is 31.4. The highest BCUT2D eigenvalue weighted by Crippen LogP contribution is 2.44. The van der Waals surface area contributed by atoms with Crippen molar-refractivity contribution in [3.63, 3.8) is 0 Å². The first kappa shape index (κ1) is 11.7. The van der Waals surface area contributed by atoms with Crippen molar-refractivity contribution in [3.05, 3.63) is 35.9 Å². The minimum atomic E-state index is -0.362. The summed E-state index contributed by atoms with van der Waals surface area (Å²) in [6.45, 7) is 0.856. The molecule has 2 saturated heterocycles. The fourth-order valence-electron chi connectivity index (χ4n) is 3.70. The van der Waals surface area contributed by atoms with Crippen molar-refractivity contribution in [3.8, 4) is 0 Å². The maximum Gasteiger partial charge on any atom is 0.237 e. The van der Waals surface area contributed by atoms with Gasteiger partial charge in [-0.05, 0) is 37.7 Å². The molecule has 2 unspecified atom stereocenters. The number of primary amides is 1. The Balaban J connectivity index is 1.88. The number of fused-ring (bicyclic) bond motifs is 2. The van der Waals surface area contributed by atoms with Crippen molar-refractivity contribution in [1.29, 1.82) is 0 Å². The molecule has 2 fully saturated rings. The van der Waals surface area contributed by atoms with Crippen LogP contribution in [0, 0.1) is 0 Å². The number of carbonyl (C=O) groups is 1. The number of piperidine rings is 1. The zero-order valence-corrected chi connectivity index (χ0v) is 10.6. The van der Waals surface area contributed by atoms with Gasteiger partial charge in [-0.1, -0.05) is 30.3 Å². The predicted molar refractivity (Wildman–Crippen MR) is 70.8 cm³/mol. The van der Waals surface area contributed by atoms with Crippen LogP contribution in [0.15, 0.2) is 30.3 Å². The first-order valence-electron chi connectivity index (χ1n) is 6.83. The fourth-order valence-corrected chi connectivity index (χ4v) is 3.70. The fraction of sp³-hybridized carbons (Fsp3) is 0.533. The van der Waals surface area contributed by atoms with Crippen molar-refractivity contribution < 1.29 is 4.79 Å². The Bertz CT molecular complexity index is 441. The van der Waals surface area contributed by atoms with E-state index in [0.29, 0.717) is 6.04 Å². The molecule has 1 aromatic rings. The highest BCUT2D eigenvalue weighted by atomic mass is 16.1. The van der Waals surface area contributed by atoms with Gasteiger partial charge in [0.1, 0.15) is 5.54 Å². The number of hydrogen-bond donors (Lipinski definition) is 1. The van der Waals surface area contributed by atoms with E-state index >= 15 is 0 Å². The Morgan fingerprint density at radius 2 is 2.06 bits per heavy atom. The molecule has 0 radical (unpaired) electrons. The Hall–Kier alpha value is -1.35. The topological polar surface area (TPSA) is 46.3 Å². The third-order valence-electron chi connectivity index (χ3n) is 4.66. The van der Waals surface area contributed by atoms with Gasteiger partial charge in [0.15, 0.2) is 0 Å². The van der Waals surface area contributed by atoms with Gasteiger partial charge in [0.2, 0.25) is 5.91 Å². The largest absolute Gasteiger partial charge is 0.368 e. The van der Waals surface area contributed by atoms with E-state index in [2.05, 4.69) is 29.2 Å². The van der Waals surface area contributed by atoms with Crippen LogP contribution in [0.4, 0.5) is 0 Å². The van der Waals surface area contributed by atoms with Gasteiger partial charge >= 0.3 is 0 Å². The van der Waals surface area contributed by atoms with E-state index in [1.807, 2.05) is 6.07 Å². The summed E-state index contributed by atoms with van der Waals surface area (Å²) < 4.78 is 0. The average molecular weight is 244 g/mol. The van der Waals surface area contributed by atoms with Crippen LogP contribution < -0.4 is 5.73 Å². The number of hydrogen-bond acceptors (Lipinski definition) is 2. The average Bonchev–Trinajstić information content (AvgIpc) is 2.60. The van der Waals surface area contributed by atoms with Crippen LogP contribution in [0.1, 0.15) is 37.7 Å². The highest BCUT2D eigenvalue weighted by molar-refractivity contribution is 5.85. The standard InChI is InChI=1S/C15H20N2O/c16-14(18)15-9-4-7-13(8-10-15)17(15)11-12-5-2-1-3-6-12/h1-3,5-6,13H,4,7-11H2,(H2,16,18). The number of nitrogens with two attached hydrogens (primary N) is 1. The lowest BCUT2D eigenvalue weighted by atomic mass is 9.87. The predicted octanol–water partition coefficient (Wildman–Crippen LogP) is 2.06. The smallest absolute Gasteiger partial charge is 0.237 e. The molecule has 2 N–H and O–H groups in total. The molecule has 2 bridgehead atoms.